The topological polar surface area (TPSA) is 43.8 Å². The van der Waals surface area contributed by atoms with Crippen molar-refractivity contribution in [2.75, 3.05) is 5.73 Å². The van der Waals surface area contributed by atoms with Gasteiger partial charge in [0.1, 0.15) is 29.0 Å². The highest BCUT2D eigenvalue weighted by Crippen LogP contribution is 2.29. The summed E-state index contributed by atoms with van der Waals surface area (Å²) >= 11 is 0. The van der Waals surface area contributed by atoms with E-state index < -0.39 is 11.6 Å². The quantitative estimate of drug-likeness (QED) is 0.919. The molecule has 1 aromatic carbocycles. The summed E-state index contributed by atoms with van der Waals surface area (Å²) in [5.41, 5.74) is 6.64. The predicted octanol–water partition coefficient (Wildman–Crippen LogP) is 3.52. The van der Waals surface area contributed by atoms with E-state index in [1.807, 2.05) is 11.5 Å². The number of halogens is 2. The average Bonchev–Trinajstić information content (AvgIpc) is 2.63. The number of benzene rings is 1. The van der Waals surface area contributed by atoms with Crippen LogP contribution in [0.25, 0.3) is 11.3 Å². The van der Waals surface area contributed by atoms with Crippen LogP contribution in [0, 0.1) is 18.6 Å². The number of aryl methyl sites for hydroxylation is 1. The number of hydrogen-bond donors (Lipinski definition) is 1. The highest BCUT2D eigenvalue weighted by atomic mass is 19.1. The Kier molecular flexibility index (Phi) is 3.83. The molecule has 1 heterocycles. The smallest absolute Gasteiger partial charge is 0.135 e. The Labute approximate surface area is 111 Å². The van der Waals surface area contributed by atoms with Gasteiger partial charge in [-0.05, 0) is 25.5 Å². The van der Waals surface area contributed by atoms with Gasteiger partial charge in [-0.25, -0.2) is 13.8 Å². The number of unbranched alkanes of at least 4 members (excludes halogenated alkanes) is 1. The van der Waals surface area contributed by atoms with Crippen molar-refractivity contribution in [3.8, 4) is 11.3 Å². The highest BCUT2D eigenvalue weighted by molar-refractivity contribution is 5.71. The maximum absolute atomic E-state index is 13.8. The molecule has 0 atom stereocenters. The van der Waals surface area contributed by atoms with Gasteiger partial charge in [0, 0.05) is 18.2 Å². The fourth-order valence-corrected chi connectivity index (χ4v) is 2.06. The lowest BCUT2D eigenvalue weighted by molar-refractivity contribution is 0.585. The molecule has 19 heavy (non-hydrogen) atoms. The Morgan fingerprint density at radius 2 is 2.05 bits per heavy atom. The van der Waals surface area contributed by atoms with Crippen molar-refractivity contribution < 1.29 is 8.78 Å². The minimum atomic E-state index is -0.646. The normalized spacial score (nSPS) is 10.9. The Morgan fingerprint density at radius 1 is 1.32 bits per heavy atom. The van der Waals surface area contributed by atoms with Crippen molar-refractivity contribution in [3.05, 3.63) is 35.7 Å². The number of nitrogens with two attached hydrogens (primary N) is 1. The van der Waals surface area contributed by atoms with E-state index in [-0.39, 0.29) is 5.56 Å². The molecule has 0 spiro atoms. The van der Waals surface area contributed by atoms with Crippen LogP contribution in [0.2, 0.25) is 0 Å². The molecule has 3 nitrogen and oxygen atoms in total. The first-order valence-corrected chi connectivity index (χ1v) is 6.32. The van der Waals surface area contributed by atoms with E-state index in [1.165, 1.54) is 12.1 Å². The number of imidazole rings is 1. The van der Waals surface area contributed by atoms with Gasteiger partial charge in [-0.3, -0.25) is 0 Å². The zero-order valence-electron chi connectivity index (χ0n) is 11.1. The van der Waals surface area contributed by atoms with Crippen LogP contribution < -0.4 is 5.73 Å². The SMILES string of the molecule is CCCCn1c(C)nc(-c2ccc(F)cc2F)c1N. The van der Waals surface area contributed by atoms with E-state index in [9.17, 15) is 8.78 Å². The lowest BCUT2D eigenvalue weighted by Gasteiger charge is -2.07. The third kappa shape index (κ3) is 2.59. The first-order chi connectivity index (χ1) is 9.04. The summed E-state index contributed by atoms with van der Waals surface area (Å²) in [4.78, 5) is 4.30. The Bertz CT molecular complexity index is 591. The number of rotatable bonds is 4. The van der Waals surface area contributed by atoms with E-state index in [1.54, 1.807) is 0 Å². The molecule has 0 aliphatic heterocycles. The van der Waals surface area contributed by atoms with E-state index in [4.69, 9.17) is 5.73 Å². The van der Waals surface area contributed by atoms with E-state index in [2.05, 4.69) is 11.9 Å². The molecule has 0 bridgehead atoms. The summed E-state index contributed by atoms with van der Waals surface area (Å²) in [6, 6.07) is 3.42. The molecule has 2 rings (SSSR count). The monoisotopic (exact) mass is 265 g/mol. The zero-order valence-corrected chi connectivity index (χ0v) is 11.1. The van der Waals surface area contributed by atoms with Gasteiger partial charge in [0.05, 0.1) is 0 Å². The Balaban J connectivity index is 2.45. The predicted molar refractivity (Wildman–Crippen MR) is 71.6 cm³/mol. The lowest BCUT2D eigenvalue weighted by atomic mass is 10.1. The van der Waals surface area contributed by atoms with Gasteiger partial charge in [-0.15, -0.1) is 0 Å². The van der Waals surface area contributed by atoms with Crippen LogP contribution in [-0.2, 0) is 6.54 Å². The molecular formula is C14H17F2N3. The largest absolute Gasteiger partial charge is 0.383 e. The fourth-order valence-electron chi connectivity index (χ4n) is 2.06. The zero-order chi connectivity index (χ0) is 14.0. The molecule has 2 aromatic rings. The van der Waals surface area contributed by atoms with E-state index in [0.29, 0.717) is 11.5 Å². The van der Waals surface area contributed by atoms with Gasteiger partial charge < -0.3 is 10.3 Å². The Morgan fingerprint density at radius 3 is 2.68 bits per heavy atom. The molecule has 0 radical (unpaired) electrons. The first-order valence-electron chi connectivity index (χ1n) is 6.32. The van der Waals surface area contributed by atoms with Crippen molar-refractivity contribution in [1.82, 2.24) is 9.55 Å². The second-order valence-corrected chi connectivity index (χ2v) is 4.52. The van der Waals surface area contributed by atoms with Crippen LogP contribution in [0.1, 0.15) is 25.6 Å². The molecule has 102 valence electrons. The Hall–Kier alpha value is -1.91. The van der Waals surface area contributed by atoms with Gasteiger partial charge in [-0.2, -0.15) is 0 Å². The van der Waals surface area contributed by atoms with Crippen molar-refractivity contribution in [1.29, 1.82) is 0 Å². The second-order valence-electron chi connectivity index (χ2n) is 4.52. The van der Waals surface area contributed by atoms with Gasteiger partial charge in [0.25, 0.3) is 0 Å². The maximum Gasteiger partial charge on any atom is 0.135 e. The number of aromatic nitrogens is 2. The standard InChI is InChI=1S/C14H17F2N3/c1-3-4-7-19-9(2)18-13(14(19)17)11-6-5-10(15)8-12(11)16/h5-6,8H,3-4,7,17H2,1-2H3. The van der Waals surface area contributed by atoms with Gasteiger partial charge in [-0.1, -0.05) is 13.3 Å². The number of hydrogen-bond acceptors (Lipinski definition) is 2. The van der Waals surface area contributed by atoms with Crippen LogP contribution in [0.3, 0.4) is 0 Å². The highest BCUT2D eigenvalue weighted by Gasteiger charge is 2.16. The van der Waals surface area contributed by atoms with Crippen molar-refractivity contribution in [2.45, 2.75) is 33.2 Å². The molecule has 1 aromatic heterocycles. The van der Waals surface area contributed by atoms with E-state index in [0.717, 1.165) is 31.3 Å². The summed E-state index contributed by atoms with van der Waals surface area (Å²) in [5, 5.41) is 0. The summed E-state index contributed by atoms with van der Waals surface area (Å²) in [6.45, 7) is 4.67. The lowest BCUT2D eigenvalue weighted by Crippen LogP contribution is -2.05. The minimum Gasteiger partial charge on any atom is -0.383 e. The maximum atomic E-state index is 13.8. The molecule has 0 unspecified atom stereocenters. The summed E-state index contributed by atoms with van der Waals surface area (Å²) in [7, 11) is 0. The van der Waals surface area contributed by atoms with Crippen LogP contribution in [0.4, 0.5) is 14.6 Å². The number of nitrogen functional groups attached to an aromatic ring is 1. The fraction of sp³-hybridized carbons (Fsp3) is 0.357. The third-order valence-electron chi connectivity index (χ3n) is 3.12. The molecule has 0 saturated carbocycles. The molecular weight excluding hydrogens is 248 g/mol. The second kappa shape index (κ2) is 5.38. The number of nitrogens with zero attached hydrogens (tertiary/aromatic N) is 2. The van der Waals surface area contributed by atoms with Crippen LogP contribution in [-0.4, -0.2) is 9.55 Å². The van der Waals surface area contributed by atoms with Gasteiger partial charge in [0.15, 0.2) is 0 Å². The molecule has 0 aliphatic carbocycles. The molecule has 0 amide bonds. The summed E-state index contributed by atoms with van der Waals surface area (Å²) in [6.07, 6.45) is 2.02. The molecule has 0 fully saturated rings. The summed E-state index contributed by atoms with van der Waals surface area (Å²) < 4.78 is 28.5. The van der Waals surface area contributed by atoms with E-state index >= 15 is 0 Å². The average molecular weight is 265 g/mol. The first kappa shape index (κ1) is 13.5. The van der Waals surface area contributed by atoms with Crippen LogP contribution in [0.5, 0.6) is 0 Å². The van der Waals surface area contributed by atoms with Crippen LogP contribution in [0.15, 0.2) is 18.2 Å². The number of anilines is 1. The van der Waals surface area contributed by atoms with Crippen molar-refractivity contribution in [3.63, 3.8) is 0 Å². The molecule has 0 saturated heterocycles. The minimum absolute atomic E-state index is 0.234. The van der Waals surface area contributed by atoms with Crippen molar-refractivity contribution in [2.24, 2.45) is 0 Å². The van der Waals surface area contributed by atoms with Crippen LogP contribution >= 0.6 is 0 Å². The van der Waals surface area contributed by atoms with Crippen molar-refractivity contribution >= 4 is 5.82 Å². The molecule has 0 aliphatic rings. The summed E-state index contributed by atoms with van der Waals surface area (Å²) in [5.74, 6) is -0.0880. The third-order valence-corrected chi connectivity index (χ3v) is 3.12. The molecule has 2 N–H and O–H groups in total. The van der Waals surface area contributed by atoms with Gasteiger partial charge >= 0.3 is 0 Å². The molecule has 5 heteroatoms. The van der Waals surface area contributed by atoms with Gasteiger partial charge in [0.2, 0.25) is 0 Å².